The molecule has 1 aromatic rings. The summed E-state index contributed by atoms with van der Waals surface area (Å²) in [5.74, 6) is 0. The molecule has 112 valence electrons. The van der Waals surface area contributed by atoms with Gasteiger partial charge in [-0.1, -0.05) is 12.5 Å². The molecule has 1 aromatic carbocycles. The monoisotopic (exact) mass is 286 g/mol. The molecule has 0 spiro atoms. The molecule has 0 aliphatic carbocycles. The third-order valence-electron chi connectivity index (χ3n) is 3.62. The Morgan fingerprint density at radius 1 is 1.10 bits per heavy atom. The largest absolute Gasteiger partial charge is 0.416 e. The number of nitrogens with zero attached hydrogens (tertiary/aromatic N) is 1. The van der Waals surface area contributed by atoms with Crippen LogP contribution in [0.15, 0.2) is 24.3 Å². The molecule has 2 rings (SSSR count). The maximum Gasteiger partial charge on any atom is 0.416 e. The van der Waals surface area contributed by atoms with Crippen LogP contribution < -0.4 is 5.32 Å². The SMILES string of the molecule is FC(F)(F)c1cccc(NCCCN2CCCCC2)c1. The summed E-state index contributed by atoms with van der Waals surface area (Å²) in [7, 11) is 0. The van der Waals surface area contributed by atoms with Crippen molar-refractivity contribution in [1.82, 2.24) is 4.90 Å². The van der Waals surface area contributed by atoms with E-state index >= 15 is 0 Å². The van der Waals surface area contributed by atoms with Crippen LogP contribution in [0.3, 0.4) is 0 Å². The highest BCUT2D eigenvalue weighted by Crippen LogP contribution is 2.30. The van der Waals surface area contributed by atoms with E-state index in [0.29, 0.717) is 12.2 Å². The minimum atomic E-state index is -4.27. The van der Waals surface area contributed by atoms with E-state index in [-0.39, 0.29) is 0 Å². The predicted octanol–water partition coefficient (Wildman–Crippen LogP) is 3.99. The van der Waals surface area contributed by atoms with E-state index in [4.69, 9.17) is 0 Å². The zero-order valence-corrected chi connectivity index (χ0v) is 11.5. The third-order valence-corrected chi connectivity index (χ3v) is 3.62. The lowest BCUT2D eigenvalue weighted by molar-refractivity contribution is -0.137. The number of nitrogens with one attached hydrogen (secondary N) is 1. The second kappa shape index (κ2) is 6.97. The topological polar surface area (TPSA) is 15.3 Å². The number of likely N-dealkylation sites (tertiary alicyclic amines) is 1. The highest BCUT2D eigenvalue weighted by molar-refractivity contribution is 5.46. The molecular weight excluding hydrogens is 265 g/mol. The number of hydrogen-bond acceptors (Lipinski definition) is 2. The molecule has 1 aliphatic rings. The van der Waals surface area contributed by atoms with Gasteiger partial charge in [-0.05, 0) is 57.1 Å². The number of rotatable bonds is 5. The van der Waals surface area contributed by atoms with Gasteiger partial charge in [-0.25, -0.2) is 0 Å². The molecular formula is C15H21F3N2. The molecule has 20 heavy (non-hydrogen) atoms. The van der Waals surface area contributed by atoms with Crippen molar-refractivity contribution in [3.05, 3.63) is 29.8 Å². The molecule has 1 saturated heterocycles. The minimum absolute atomic E-state index is 0.540. The van der Waals surface area contributed by atoms with Gasteiger partial charge in [-0.15, -0.1) is 0 Å². The van der Waals surface area contributed by atoms with Crippen molar-refractivity contribution in [2.75, 3.05) is 31.5 Å². The van der Waals surface area contributed by atoms with Gasteiger partial charge in [0, 0.05) is 12.2 Å². The second-order valence-electron chi connectivity index (χ2n) is 5.26. The lowest BCUT2D eigenvalue weighted by Gasteiger charge is -2.26. The molecule has 0 unspecified atom stereocenters. The van der Waals surface area contributed by atoms with Gasteiger partial charge in [0.2, 0.25) is 0 Å². The van der Waals surface area contributed by atoms with Crippen molar-refractivity contribution in [2.45, 2.75) is 31.9 Å². The maximum atomic E-state index is 12.6. The van der Waals surface area contributed by atoms with Crippen LogP contribution >= 0.6 is 0 Å². The summed E-state index contributed by atoms with van der Waals surface area (Å²) in [6.07, 6.45) is 0.531. The normalized spacial score (nSPS) is 17.1. The van der Waals surface area contributed by atoms with E-state index < -0.39 is 11.7 Å². The first-order chi connectivity index (χ1) is 9.55. The Labute approximate surface area is 118 Å². The first-order valence-corrected chi connectivity index (χ1v) is 7.19. The third kappa shape index (κ3) is 4.71. The van der Waals surface area contributed by atoms with Gasteiger partial charge < -0.3 is 10.2 Å². The number of anilines is 1. The van der Waals surface area contributed by atoms with E-state index in [2.05, 4.69) is 10.2 Å². The quantitative estimate of drug-likeness (QED) is 0.823. The van der Waals surface area contributed by atoms with E-state index in [1.807, 2.05) is 0 Å². The van der Waals surface area contributed by atoms with Crippen LogP contribution in [0.1, 0.15) is 31.2 Å². The average Bonchev–Trinajstić information content (AvgIpc) is 2.44. The highest BCUT2D eigenvalue weighted by Gasteiger charge is 2.30. The zero-order chi connectivity index (χ0) is 14.4. The molecule has 5 heteroatoms. The number of hydrogen-bond donors (Lipinski definition) is 1. The maximum absolute atomic E-state index is 12.6. The van der Waals surface area contributed by atoms with Gasteiger partial charge in [0.1, 0.15) is 0 Å². The van der Waals surface area contributed by atoms with E-state index in [0.717, 1.165) is 32.1 Å². The number of halogens is 3. The molecule has 0 bridgehead atoms. The van der Waals surface area contributed by atoms with Crippen LogP contribution in [0.4, 0.5) is 18.9 Å². The standard InChI is InChI=1S/C15H21F3N2/c16-15(17,18)13-6-4-7-14(12-13)19-8-5-11-20-9-2-1-3-10-20/h4,6-7,12,19H,1-3,5,8-11H2. The van der Waals surface area contributed by atoms with Gasteiger partial charge in [-0.2, -0.15) is 13.2 Å². The first kappa shape index (κ1) is 15.2. The van der Waals surface area contributed by atoms with Crippen LogP contribution in [-0.2, 0) is 6.18 Å². The van der Waals surface area contributed by atoms with Gasteiger partial charge in [-0.3, -0.25) is 0 Å². The van der Waals surface area contributed by atoms with Gasteiger partial charge >= 0.3 is 6.18 Å². The average molecular weight is 286 g/mol. The summed E-state index contributed by atoms with van der Waals surface area (Å²) < 4.78 is 37.7. The summed E-state index contributed by atoms with van der Waals surface area (Å²) in [5.41, 5.74) is -0.0583. The molecule has 0 amide bonds. The van der Waals surface area contributed by atoms with E-state index in [9.17, 15) is 13.2 Å². The van der Waals surface area contributed by atoms with Crippen LogP contribution in [-0.4, -0.2) is 31.1 Å². The van der Waals surface area contributed by atoms with Crippen LogP contribution in [0.25, 0.3) is 0 Å². The molecule has 1 aliphatic heterocycles. The lowest BCUT2D eigenvalue weighted by atomic mass is 10.1. The smallest absolute Gasteiger partial charge is 0.385 e. The molecule has 1 N–H and O–H groups in total. The summed E-state index contributed by atoms with van der Waals surface area (Å²) in [6, 6.07) is 5.38. The lowest BCUT2D eigenvalue weighted by Crippen LogP contribution is -2.31. The van der Waals surface area contributed by atoms with Crippen molar-refractivity contribution in [3.8, 4) is 0 Å². The van der Waals surface area contributed by atoms with Crippen molar-refractivity contribution in [2.24, 2.45) is 0 Å². The Morgan fingerprint density at radius 3 is 2.55 bits per heavy atom. The molecule has 2 nitrogen and oxygen atoms in total. The first-order valence-electron chi connectivity index (χ1n) is 7.19. The fraction of sp³-hybridized carbons (Fsp3) is 0.600. The summed E-state index contributed by atoms with van der Waals surface area (Å²) in [5, 5.41) is 3.07. The van der Waals surface area contributed by atoms with Crippen molar-refractivity contribution in [3.63, 3.8) is 0 Å². The predicted molar refractivity (Wildman–Crippen MR) is 74.8 cm³/mol. The zero-order valence-electron chi connectivity index (χ0n) is 11.5. The van der Waals surface area contributed by atoms with E-state index in [1.165, 1.54) is 31.4 Å². The van der Waals surface area contributed by atoms with Crippen molar-refractivity contribution < 1.29 is 13.2 Å². The molecule has 1 fully saturated rings. The van der Waals surface area contributed by atoms with Crippen molar-refractivity contribution in [1.29, 1.82) is 0 Å². The van der Waals surface area contributed by atoms with Crippen LogP contribution in [0, 0.1) is 0 Å². The Bertz CT molecular complexity index is 412. The summed E-state index contributed by atoms with van der Waals surface area (Å²) >= 11 is 0. The molecule has 0 atom stereocenters. The fourth-order valence-corrected chi connectivity index (χ4v) is 2.52. The highest BCUT2D eigenvalue weighted by atomic mass is 19.4. The number of piperidine rings is 1. The Balaban J connectivity index is 1.73. The minimum Gasteiger partial charge on any atom is -0.385 e. The van der Waals surface area contributed by atoms with Crippen LogP contribution in [0.5, 0.6) is 0 Å². The van der Waals surface area contributed by atoms with Gasteiger partial charge in [0.15, 0.2) is 0 Å². The molecule has 0 saturated carbocycles. The number of benzene rings is 1. The number of alkyl halides is 3. The Kier molecular flexibility index (Phi) is 5.29. The van der Waals surface area contributed by atoms with Gasteiger partial charge in [0.25, 0.3) is 0 Å². The van der Waals surface area contributed by atoms with Crippen LogP contribution in [0.2, 0.25) is 0 Å². The Morgan fingerprint density at radius 2 is 1.85 bits per heavy atom. The molecule has 0 aromatic heterocycles. The molecule has 0 radical (unpaired) electrons. The second-order valence-corrected chi connectivity index (χ2v) is 5.26. The Hall–Kier alpha value is -1.23. The van der Waals surface area contributed by atoms with Crippen molar-refractivity contribution >= 4 is 5.69 Å². The summed E-state index contributed by atoms with van der Waals surface area (Å²) in [4.78, 5) is 2.43. The fourth-order valence-electron chi connectivity index (χ4n) is 2.52. The summed E-state index contributed by atoms with van der Waals surface area (Å²) in [6.45, 7) is 4.04. The molecule has 1 heterocycles. The van der Waals surface area contributed by atoms with E-state index in [1.54, 1.807) is 6.07 Å². The van der Waals surface area contributed by atoms with Gasteiger partial charge in [0.05, 0.1) is 5.56 Å².